The topological polar surface area (TPSA) is 77.3 Å². The van der Waals surface area contributed by atoms with Crippen LogP contribution >= 0.6 is 0 Å². The molecule has 0 unspecified atom stereocenters. The van der Waals surface area contributed by atoms with Gasteiger partial charge in [0.25, 0.3) is 5.69 Å². The highest BCUT2D eigenvalue weighted by atomic mass is 16.6. The first kappa shape index (κ1) is 16.5. The Bertz CT molecular complexity index is 788. The van der Waals surface area contributed by atoms with Crippen LogP contribution < -0.4 is 0 Å². The molecule has 0 atom stereocenters. The summed E-state index contributed by atoms with van der Waals surface area (Å²) in [6.45, 7) is 5.88. The zero-order chi connectivity index (χ0) is 17.2. The molecule has 0 aromatic heterocycles. The quantitative estimate of drug-likeness (QED) is 0.491. The van der Waals surface area contributed by atoms with Crippen molar-refractivity contribution in [1.29, 1.82) is 0 Å². The van der Waals surface area contributed by atoms with E-state index in [0.29, 0.717) is 5.56 Å². The Balaban J connectivity index is 2.69. The standard InChI is InChI=1S/C18H16NO4/c1-18(2,3)15-10-5-4-8-13(15)17(21)14-9-6-7-12(11-20)16(14)19(22)23/h4-10H,1-3H3. The lowest BCUT2D eigenvalue weighted by molar-refractivity contribution is -0.385. The first-order chi connectivity index (χ1) is 10.8. The lowest BCUT2D eigenvalue weighted by Crippen LogP contribution is -2.18. The minimum absolute atomic E-state index is 0.104. The molecule has 2 rings (SSSR count). The molecule has 5 heteroatoms. The van der Waals surface area contributed by atoms with Crippen molar-refractivity contribution in [3.63, 3.8) is 0 Å². The lowest BCUT2D eigenvalue weighted by Gasteiger charge is -2.22. The fourth-order valence-electron chi connectivity index (χ4n) is 2.49. The van der Waals surface area contributed by atoms with Gasteiger partial charge >= 0.3 is 0 Å². The summed E-state index contributed by atoms with van der Waals surface area (Å²) in [4.78, 5) is 34.4. The van der Waals surface area contributed by atoms with Gasteiger partial charge in [-0.05, 0) is 23.1 Å². The van der Waals surface area contributed by atoms with Crippen LogP contribution in [0.25, 0.3) is 0 Å². The van der Waals surface area contributed by atoms with Crippen LogP contribution in [0, 0.1) is 10.1 Å². The second-order valence-corrected chi connectivity index (χ2v) is 6.19. The molecule has 2 aromatic rings. The second kappa shape index (κ2) is 6.12. The van der Waals surface area contributed by atoms with Crippen molar-refractivity contribution in [2.75, 3.05) is 0 Å². The van der Waals surface area contributed by atoms with Crippen LogP contribution in [0.5, 0.6) is 0 Å². The molecule has 5 nitrogen and oxygen atoms in total. The van der Waals surface area contributed by atoms with Crippen LogP contribution in [0.1, 0.15) is 47.8 Å². The number of nitrogens with zero attached hydrogens (tertiary/aromatic N) is 1. The number of rotatable bonds is 4. The number of ketones is 1. The summed E-state index contributed by atoms with van der Waals surface area (Å²) in [7, 11) is 0. The van der Waals surface area contributed by atoms with Gasteiger partial charge in [-0.3, -0.25) is 19.7 Å². The molecule has 0 N–H and O–H groups in total. The molecule has 2 aromatic carbocycles. The van der Waals surface area contributed by atoms with Crippen molar-refractivity contribution >= 4 is 17.8 Å². The fraction of sp³-hybridized carbons (Fsp3) is 0.222. The molecule has 117 valence electrons. The zero-order valence-electron chi connectivity index (χ0n) is 13.1. The van der Waals surface area contributed by atoms with E-state index in [1.807, 2.05) is 32.9 Å². The number of para-hydroxylation sites is 1. The van der Waals surface area contributed by atoms with E-state index in [4.69, 9.17) is 0 Å². The molecule has 0 saturated carbocycles. The summed E-state index contributed by atoms with van der Waals surface area (Å²) in [5.74, 6) is -0.473. The molecule has 23 heavy (non-hydrogen) atoms. The van der Waals surface area contributed by atoms with E-state index in [9.17, 15) is 19.7 Å². The zero-order valence-corrected chi connectivity index (χ0v) is 13.1. The van der Waals surface area contributed by atoms with E-state index >= 15 is 0 Å². The van der Waals surface area contributed by atoms with Gasteiger partial charge in [-0.1, -0.05) is 51.1 Å². The monoisotopic (exact) mass is 310 g/mol. The van der Waals surface area contributed by atoms with E-state index in [2.05, 4.69) is 0 Å². The Morgan fingerprint density at radius 3 is 2.22 bits per heavy atom. The number of nitro groups is 1. The van der Waals surface area contributed by atoms with Crippen LogP contribution in [-0.2, 0) is 10.2 Å². The van der Waals surface area contributed by atoms with Crippen molar-refractivity contribution in [3.8, 4) is 0 Å². The van der Waals surface area contributed by atoms with E-state index in [0.717, 1.165) is 5.56 Å². The van der Waals surface area contributed by atoms with Crippen molar-refractivity contribution in [1.82, 2.24) is 0 Å². The lowest BCUT2D eigenvalue weighted by atomic mass is 9.81. The molecule has 0 aliphatic rings. The highest BCUT2D eigenvalue weighted by Gasteiger charge is 2.28. The van der Waals surface area contributed by atoms with Gasteiger partial charge in [0.1, 0.15) is 11.1 Å². The maximum Gasteiger partial charge on any atom is 0.291 e. The molecule has 0 spiro atoms. The predicted molar refractivity (Wildman–Crippen MR) is 86.5 cm³/mol. The highest BCUT2D eigenvalue weighted by molar-refractivity contribution is 6.13. The molecule has 0 fully saturated rings. The van der Waals surface area contributed by atoms with Crippen LogP contribution in [0.3, 0.4) is 0 Å². The summed E-state index contributed by atoms with van der Waals surface area (Å²) in [5.41, 5.74) is 0.0545. The Labute approximate surface area is 134 Å². The Morgan fingerprint density at radius 1 is 1.04 bits per heavy atom. The molecule has 0 saturated heterocycles. The van der Waals surface area contributed by atoms with Crippen molar-refractivity contribution in [2.45, 2.75) is 26.2 Å². The number of benzene rings is 2. The van der Waals surface area contributed by atoms with E-state index in [1.54, 1.807) is 12.1 Å². The third-order valence-electron chi connectivity index (χ3n) is 3.55. The Hall–Kier alpha value is -2.82. The molecular formula is C18H16NO4. The third kappa shape index (κ3) is 3.18. The van der Waals surface area contributed by atoms with Gasteiger partial charge in [-0.15, -0.1) is 0 Å². The van der Waals surface area contributed by atoms with Gasteiger partial charge < -0.3 is 0 Å². The minimum atomic E-state index is -0.715. The SMILES string of the molecule is CC(C)(C)c1ccccc1C(=O)c1cccc([C]=O)c1[N+](=O)[O-]. The number of hydrogen-bond donors (Lipinski definition) is 0. The van der Waals surface area contributed by atoms with E-state index in [1.165, 1.54) is 24.5 Å². The van der Waals surface area contributed by atoms with E-state index < -0.39 is 16.4 Å². The maximum atomic E-state index is 12.9. The molecule has 0 aliphatic carbocycles. The van der Waals surface area contributed by atoms with Gasteiger partial charge in [-0.25, -0.2) is 0 Å². The summed E-state index contributed by atoms with van der Waals surface area (Å²) in [5, 5.41) is 11.3. The maximum absolute atomic E-state index is 12.9. The molecule has 1 radical (unpaired) electrons. The summed E-state index contributed by atoms with van der Waals surface area (Å²) < 4.78 is 0. The van der Waals surface area contributed by atoms with Crippen molar-refractivity contribution < 1.29 is 14.5 Å². The van der Waals surface area contributed by atoms with Gasteiger partial charge in [0.2, 0.25) is 6.29 Å². The molecule has 0 bridgehead atoms. The number of carbonyl (C=O) groups is 1. The molecular weight excluding hydrogens is 294 g/mol. The Kier molecular flexibility index (Phi) is 4.40. The van der Waals surface area contributed by atoms with Crippen LogP contribution in [0.4, 0.5) is 5.69 Å². The number of hydrogen-bond acceptors (Lipinski definition) is 4. The van der Waals surface area contributed by atoms with Crippen LogP contribution in [-0.4, -0.2) is 17.0 Å². The fourth-order valence-corrected chi connectivity index (χ4v) is 2.49. The largest absolute Gasteiger partial charge is 0.291 e. The van der Waals surface area contributed by atoms with Gasteiger partial charge in [0, 0.05) is 5.56 Å². The number of nitro benzene ring substituents is 1. The average Bonchev–Trinajstić information content (AvgIpc) is 2.52. The smallest absolute Gasteiger partial charge is 0.288 e. The van der Waals surface area contributed by atoms with Crippen LogP contribution in [0.15, 0.2) is 42.5 Å². The normalized spacial score (nSPS) is 11.1. The van der Waals surface area contributed by atoms with Crippen LogP contribution in [0.2, 0.25) is 0 Å². The van der Waals surface area contributed by atoms with Gasteiger partial charge in [0.15, 0.2) is 5.78 Å². The second-order valence-electron chi connectivity index (χ2n) is 6.19. The summed E-state index contributed by atoms with van der Waals surface area (Å²) >= 11 is 0. The van der Waals surface area contributed by atoms with Gasteiger partial charge in [0.05, 0.1) is 4.92 Å². The van der Waals surface area contributed by atoms with Gasteiger partial charge in [-0.2, -0.15) is 0 Å². The number of carbonyl (C=O) groups excluding carboxylic acids is 2. The molecule has 0 aliphatic heterocycles. The van der Waals surface area contributed by atoms with Crippen molar-refractivity contribution in [3.05, 3.63) is 74.8 Å². The summed E-state index contributed by atoms with van der Waals surface area (Å²) in [6.07, 6.45) is 1.52. The first-order valence-electron chi connectivity index (χ1n) is 7.07. The first-order valence-corrected chi connectivity index (χ1v) is 7.07. The molecule has 0 amide bonds. The minimum Gasteiger partial charge on any atom is -0.288 e. The van der Waals surface area contributed by atoms with E-state index in [-0.39, 0.29) is 16.5 Å². The highest BCUT2D eigenvalue weighted by Crippen LogP contribution is 2.30. The molecule has 0 heterocycles. The third-order valence-corrected chi connectivity index (χ3v) is 3.55. The summed E-state index contributed by atoms with van der Waals surface area (Å²) in [6, 6.07) is 11.1. The Morgan fingerprint density at radius 2 is 1.65 bits per heavy atom. The predicted octanol–water partition coefficient (Wildman–Crippen LogP) is 3.58. The average molecular weight is 310 g/mol. The van der Waals surface area contributed by atoms with Crippen molar-refractivity contribution in [2.24, 2.45) is 0 Å².